The number of anilines is 1. The normalized spacial score (nSPS) is 18.9. The van der Waals surface area contributed by atoms with Crippen LogP contribution in [0.3, 0.4) is 0 Å². The molecule has 3 nitrogen and oxygen atoms in total. The first-order valence-corrected chi connectivity index (χ1v) is 9.36. The summed E-state index contributed by atoms with van der Waals surface area (Å²) in [6, 6.07) is 9.26. The van der Waals surface area contributed by atoms with Gasteiger partial charge in [0.25, 0.3) is 0 Å². The van der Waals surface area contributed by atoms with Gasteiger partial charge in [-0.05, 0) is 68.6 Å². The van der Waals surface area contributed by atoms with Crippen molar-refractivity contribution in [3.8, 4) is 0 Å². The third-order valence-corrected chi connectivity index (χ3v) is 4.93. The van der Waals surface area contributed by atoms with Crippen molar-refractivity contribution in [1.29, 1.82) is 0 Å². The SMILES string of the molecule is CC(C)c1ccc(NC(=S)NCCCN2CCCC[C@@H]2C)cc1. The van der Waals surface area contributed by atoms with Crippen molar-refractivity contribution >= 4 is 23.0 Å². The summed E-state index contributed by atoms with van der Waals surface area (Å²) >= 11 is 5.38. The topological polar surface area (TPSA) is 27.3 Å². The molecule has 1 fully saturated rings. The second-order valence-corrected chi connectivity index (χ2v) is 7.30. The summed E-state index contributed by atoms with van der Waals surface area (Å²) in [6.45, 7) is 10.1. The van der Waals surface area contributed by atoms with E-state index >= 15 is 0 Å². The van der Waals surface area contributed by atoms with E-state index in [0.29, 0.717) is 11.0 Å². The molecule has 128 valence electrons. The number of hydrogen-bond donors (Lipinski definition) is 2. The lowest BCUT2D eigenvalue weighted by Crippen LogP contribution is -2.39. The fourth-order valence-electron chi connectivity index (χ4n) is 3.10. The molecule has 0 saturated carbocycles. The van der Waals surface area contributed by atoms with Crippen LogP contribution in [0.15, 0.2) is 24.3 Å². The molecule has 1 aromatic rings. The molecule has 4 heteroatoms. The molecule has 0 radical (unpaired) electrons. The molecule has 2 N–H and O–H groups in total. The average molecular weight is 334 g/mol. The number of hydrogen-bond acceptors (Lipinski definition) is 2. The Morgan fingerprint density at radius 3 is 2.65 bits per heavy atom. The van der Waals surface area contributed by atoms with Crippen molar-refractivity contribution in [1.82, 2.24) is 10.2 Å². The van der Waals surface area contributed by atoms with E-state index in [0.717, 1.165) is 24.7 Å². The number of benzene rings is 1. The third kappa shape index (κ3) is 6.11. The quantitative estimate of drug-likeness (QED) is 0.597. The van der Waals surface area contributed by atoms with E-state index in [9.17, 15) is 0 Å². The molecular formula is C19H31N3S. The van der Waals surface area contributed by atoms with Gasteiger partial charge >= 0.3 is 0 Å². The predicted molar refractivity (Wildman–Crippen MR) is 104 cm³/mol. The van der Waals surface area contributed by atoms with Gasteiger partial charge in [0.2, 0.25) is 0 Å². The van der Waals surface area contributed by atoms with Crippen molar-refractivity contribution in [3.63, 3.8) is 0 Å². The zero-order valence-corrected chi connectivity index (χ0v) is 15.6. The van der Waals surface area contributed by atoms with Crippen molar-refractivity contribution in [3.05, 3.63) is 29.8 Å². The molecular weight excluding hydrogens is 302 g/mol. The van der Waals surface area contributed by atoms with E-state index in [1.807, 2.05) is 0 Å². The summed E-state index contributed by atoms with van der Waals surface area (Å²) in [4.78, 5) is 2.60. The Labute approximate surface area is 146 Å². The van der Waals surface area contributed by atoms with Gasteiger partial charge in [-0.15, -0.1) is 0 Å². The second-order valence-electron chi connectivity index (χ2n) is 6.89. The molecule has 23 heavy (non-hydrogen) atoms. The van der Waals surface area contributed by atoms with Crippen LogP contribution in [0.4, 0.5) is 5.69 Å². The molecule has 1 saturated heterocycles. The number of nitrogens with zero attached hydrogens (tertiary/aromatic N) is 1. The summed E-state index contributed by atoms with van der Waals surface area (Å²) in [7, 11) is 0. The van der Waals surface area contributed by atoms with E-state index in [4.69, 9.17) is 12.2 Å². The van der Waals surface area contributed by atoms with E-state index in [2.05, 4.69) is 60.6 Å². The molecule has 0 aliphatic carbocycles. The van der Waals surface area contributed by atoms with Crippen LogP contribution >= 0.6 is 12.2 Å². The maximum atomic E-state index is 5.38. The van der Waals surface area contributed by atoms with Crippen molar-refractivity contribution in [2.24, 2.45) is 0 Å². The Hall–Kier alpha value is -1.13. The lowest BCUT2D eigenvalue weighted by Gasteiger charge is -2.33. The van der Waals surface area contributed by atoms with Gasteiger partial charge in [-0.3, -0.25) is 0 Å². The molecule has 0 aromatic heterocycles. The van der Waals surface area contributed by atoms with Gasteiger partial charge in [0.05, 0.1) is 0 Å². The molecule has 1 aromatic carbocycles. The van der Waals surface area contributed by atoms with Crippen LogP contribution in [0.1, 0.15) is 57.9 Å². The van der Waals surface area contributed by atoms with Crippen LogP contribution < -0.4 is 10.6 Å². The Kier molecular flexibility index (Phi) is 7.31. The highest BCUT2D eigenvalue weighted by Gasteiger charge is 2.16. The fourth-order valence-corrected chi connectivity index (χ4v) is 3.32. The second kappa shape index (κ2) is 9.24. The van der Waals surface area contributed by atoms with Gasteiger partial charge in [0.1, 0.15) is 0 Å². The number of thiocarbonyl (C=S) groups is 1. The highest BCUT2D eigenvalue weighted by molar-refractivity contribution is 7.80. The summed E-state index contributed by atoms with van der Waals surface area (Å²) in [5, 5.41) is 7.30. The molecule has 1 heterocycles. The fraction of sp³-hybridized carbons (Fsp3) is 0.632. The Bertz CT molecular complexity index is 484. The van der Waals surface area contributed by atoms with E-state index in [-0.39, 0.29) is 0 Å². The van der Waals surface area contributed by atoms with E-state index < -0.39 is 0 Å². The summed E-state index contributed by atoms with van der Waals surface area (Å²) in [6.07, 6.45) is 5.22. The zero-order valence-electron chi connectivity index (χ0n) is 14.8. The largest absolute Gasteiger partial charge is 0.362 e. The summed E-state index contributed by atoms with van der Waals surface area (Å²) in [5.41, 5.74) is 2.40. The molecule has 1 aliphatic rings. The Balaban J connectivity index is 1.64. The molecule has 0 bridgehead atoms. The minimum atomic E-state index is 0.561. The number of likely N-dealkylation sites (tertiary alicyclic amines) is 1. The number of nitrogens with one attached hydrogen (secondary N) is 2. The Morgan fingerprint density at radius 2 is 2.00 bits per heavy atom. The van der Waals surface area contributed by atoms with Crippen molar-refractivity contribution in [2.45, 2.75) is 58.4 Å². The zero-order chi connectivity index (χ0) is 16.7. The van der Waals surface area contributed by atoms with Crippen molar-refractivity contribution in [2.75, 3.05) is 25.0 Å². The van der Waals surface area contributed by atoms with Gasteiger partial charge < -0.3 is 15.5 Å². The predicted octanol–water partition coefficient (Wildman–Crippen LogP) is 4.36. The maximum Gasteiger partial charge on any atom is 0.170 e. The summed E-state index contributed by atoms with van der Waals surface area (Å²) < 4.78 is 0. The number of piperidine rings is 1. The molecule has 1 aliphatic heterocycles. The highest BCUT2D eigenvalue weighted by atomic mass is 32.1. The number of rotatable bonds is 6. The van der Waals surface area contributed by atoms with Gasteiger partial charge in [-0.25, -0.2) is 0 Å². The molecule has 1 atom stereocenters. The minimum absolute atomic E-state index is 0.561. The first kappa shape index (κ1) is 18.2. The smallest absolute Gasteiger partial charge is 0.170 e. The van der Waals surface area contributed by atoms with Gasteiger partial charge in [0, 0.05) is 24.8 Å². The van der Waals surface area contributed by atoms with Gasteiger partial charge in [-0.1, -0.05) is 32.4 Å². The van der Waals surface area contributed by atoms with Crippen LogP contribution in [0.2, 0.25) is 0 Å². The lowest BCUT2D eigenvalue weighted by molar-refractivity contribution is 0.159. The van der Waals surface area contributed by atoms with Crippen LogP contribution in [-0.2, 0) is 0 Å². The minimum Gasteiger partial charge on any atom is -0.362 e. The summed E-state index contributed by atoms with van der Waals surface area (Å²) in [5.74, 6) is 0.561. The molecule has 0 amide bonds. The van der Waals surface area contributed by atoms with E-state index in [1.54, 1.807) is 0 Å². The van der Waals surface area contributed by atoms with Crippen LogP contribution in [0.25, 0.3) is 0 Å². The standard InChI is InChI=1S/C19H31N3S/c1-15(2)17-8-10-18(11-9-17)21-19(23)20-12-6-14-22-13-5-4-7-16(22)3/h8-11,15-16H,4-7,12-14H2,1-3H3,(H2,20,21,23)/t16-/m0/s1. The molecule has 0 unspecified atom stereocenters. The van der Waals surface area contributed by atoms with Gasteiger partial charge in [-0.2, -0.15) is 0 Å². The van der Waals surface area contributed by atoms with Crippen LogP contribution in [0.5, 0.6) is 0 Å². The van der Waals surface area contributed by atoms with E-state index in [1.165, 1.54) is 37.9 Å². The third-order valence-electron chi connectivity index (χ3n) is 4.68. The molecule has 2 rings (SSSR count). The lowest BCUT2D eigenvalue weighted by atomic mass is 10.0. The van der Waals surface area contributed by atoms with Gasteiger partial charge in [0.15, 0.2) is 5.11 Å². The highest BCUT2D eigenvalue weighted by Crippen LogP contribution is 2.17. The maximum absolute atomic E-state index is 5.38. The first-order valence-electron chi connectivity index (χ1n) is 8.95. The van der Waals surface area contributed by atoms with Crippen LogP contribution in [-0.4, -0.2) is 35.7 Å². The molecule has 0 spiro atoms. The Morgan fingerprint density at radius 1 is 1.26 bits per heavy atom. The monoisotopic (exact) mass is 333 g/mol. The first-order chi connectivity index (χ1) is 11.1. The van der Waals surface area contributed by atoms with Crippen LogP contribution in [0, 0.1) is 0 Å². The van der Waals surface area contributed by atoms with Crippen molar-refractivity contribution < 1.29 is 0 Å². The average Bonchev–Trinajstić information content (AvgIpc) is 2.53.